The molecule has 24 heavy (non-hydrogen) atoms. The highest BCUT2D eigenvalue weighted by Crippen LogP contribution is 2.09. The van der Waals surface area contributed by atoms with Gasteiger partial charge < -0.3 is 15.0 Å². The van der Waals surface area contributed by atoms with E-state index in [4.69, 9.17) is 4.74 Å². The third-order valence-corrected chi connectivity index (χ3v) is 3.20. The van der Waals surface area contributed by atoms with Crippen LogP contribution in [-0.4, -0.2) is 64.7 Å². The third-order valence-electron chi connectivity index (χ3n) is 3.20. The van der Waals surface area contributed by atoms with E-state index >= 15 is 0 Å². The van der Waals surface area contributed by atoms with E-state index in [9.17, 15) is 14.4 Å². The normalized spacial score (nSPS) is 10.1. The van der Waals surface area contributed by atoms with E-state index in [0.29, 0.717) is 5.56 Å². The zero-order valence-corrected chi connectivity index (χ0v) is 13.3. The van der Waals surface area contributed by atoms with Crippen LogP contribution < -0.4 is 5.32 Å². The van der Waals surface area contributed by atoms with Gasteiger partial charge in [-0.3, -0.25) is 9.59 Å². The summed E-state index contributed by atoms with van der Waals surface area (Å²) < 4.78 is 6.51. The van der Waals surface area contributed by atoms with Crippen molar-refractivity contribution < 1.29 is 19.1 Å². The van der Waals surface area contributed by atoms with Crippen molar-refractivity contribution in [3.63, 3.8) is 0 Å². The first-order chi connectivity index (χ1) is 11.5. The van der Waals surface area contributed by atoms with Gasteiger partial charge in [0.25, 0.3) is 5.91 Å². The molecule has 0 atom stereocenters. The first-order valence-electron chi connectivity index (χ1n) is 7.08. The number of carbonyl (C=O) groups is 3. The fourth-order valence-electron chi connectivity index (χ4n) is 1.80. The third kappa shape index (κ3) is 4.38. The topological polar surface area (TPSA) is 106 Å². The maximum absolute atomic E-state index is 11.9. The predicted molar refractivity (Wildman–Crippen MR) is 83.3 cm³/mol. The number of ether oxygens (including phenoxy) is 1. The standard InChI is InChI=1S/C15H17N5O4/c1-16-13(21)7-19(2)14(22)8-24-15(23)11-3-5-12(6-4-11)20-10-17-9-18-20/h3-6,9-10H,7-8H2,1-2H3,(H,16,21). The molecule has 0 saturated heterocycles. The SMILES string of the molecule is CNC(=O)CN(C)C(=O)COC(=O)c1ccc(-n2cncn2)cc1. The minimum absolute atomic E-state index is 0.0977. The molecule has 0 radical (unpaired) electrons. The van der Waals surface area contributed by atoms with Crippen LogP contribution in [0.5, 0.6) is 0 Å². The van der Waals surface area contributed by atoms with Crippen LogP contribution >= 0.6 is 0 Å². The fourth-order valence-corrected chi connectivity index (χ4v) is 1.80. The largest absolute Gasteiger partial charge is 0.452 e. The molecule has 0 spiro atoms. The minimum atomic E-state index is -0.623. The summed E-state index contributed by atoms with van der Waals surface area (Å²) in [4.78, 5) is 39.9. The van der Waals surface area contributed by atoms with Crippen molar-refractivity contribution >= 4 is 17.8 Å². The van der Waals surface area contributed by atoms with Crippen LogP contribution in [0.15, 0.2) is 36.9 Å². The van der Waals surface area contributed by atoms with Gasteiger partial charge in [0.05, 0.1) is 17.8 Å². The van der Waals surface area contributed by atoms with Gasteiger partial charge in [0.2, 0.25) is 5.91 Å². The monoisotopic (exact) mass is 331 g/mol. The molecule has 0 aliphatic carbocycles. The van der Waals surface area contributed by atoms with Crippen LogP contribution in [0.25, 0.3) is 5.69 Å². The van der Waals surface area contributed by atoms with Crippen molar-refractivity contribution in [2.45, 2.75) is 0 Å². The summed E-state index contributed by atoms with van der Waals surface area (Å²) in [5.41, 5.74) is 1.05. The lowest BCUT2D eigenvalue weighted by Crippen LogP contribution is -2.39. The number of aromatic nitrogens is 3. The van der Waals surface area contributed by atoms with Crippen molar-refractivity contribution in [3.05, 3.63) is 42.5 Å². The zero-order valence-electron chi connectivity index (χ0n) is 13.3. The molecule has 0 fully saturated rings. The molecular weight excluding hydrogens is 314 g/mol. The quantitative estimate of drug-likeness (QED) is 0.724. The van der Waals surface area contributed by atoms with Crippen LogP contribution in [0.3, 0.4) is 0 Å². The van der Waals surface area contributed by atoms with Gasteiger partial charge in [-0.1, -0.05) is 0 Å². The number of rotatable bonds is 6. The second kappa shape index (κ2) is 7.86. The Labute approximate surface area is 138 Å². The Morgan fingerprint density at radius 2 is 1.96 bits per heavy atom. The Bertz CT molecular complexity index is 712. The van der Waals surface area contributed by atoms with E-state index in [1.165, 1.54) is 31.6 Å². The number of hydrogen-bond donors (Lipinski definition) is 1. The molecule has 2 aromatic rings. The molecule has 126 valence electrons. The lowest BCUT2D eigenvalue weighted by atomic mass is 10.2. The lowest BCUT2D eigenvalue weighted by Gasteiger charge is -2.15. The van der Waals surface area contributed by atoms with Gasteiger partial charge in [0.1, 0.15) is 12.7 Å². The Morgan fingerprint density at radius 1 is 1.25 bits per heavy atom. The molecule has 2 amide bonds. The van der Waals surface area contributed by atoms with Gasteiger partial charge in [-0.05, 0) is 24.3 Å². The van der Waals surface area contributed by atoms with Crippen LogP contribution in [0.1, 0.15) is 10.4 Å². The van der Waals surface area contributed by atoms with E-state index in [-0.39, 0.29) is 12.5 Å². The van der Waals surface area contributed by atoms with Gasteiger partial charge in [0, 0.05) is 14.1 Å². The van der Waals surface area contributed by atoms with Crippen LogP contribution in [0, 0.1) is 0 Å². The highest BCUT2D eigenvalue weighted by molar-refractivity contribution is 5.92. The first-order valence-corrected chi connectivity index (χ1v) is 7.08. The van der Waals surface area contributed by atoms with Crippen LogP contribution in [0.2, 0.25) is 0 Å². The second-order valence-electron chi connectivity index (χ2n) is 4.89. The molecule has 0 aliphatic rings. The molecular formula is C15H17N5O4. The number of amides is 2. The number of benzene rings is 1. The molecule has 2 rings (SSSR count). The predicted octanol–water partition coefficient (Wildman–Crippen LogP) is -0.371. The van der Waals surface area contributed by atoms with E-state index in [2.05, 4.69) is 15.4 Å². The number of nitrogens with zero attached hydrogens (tertiary/aromatic N) is 4. The molecule has 9 heteroatoms. The first kappa shape index (κ1) is 17.1. The molecule has 1 aromatic heterocycles. The smallest absolute Gasteiger partial charge is 0.338 e. The van der Waals surface area contributed by atoms with Crippen molar-refractivity contribution in [2.75, 3.05) is 27.2 Å². The zero-order chi connectivity index (χ0) is 17.5. The number of carbonyl (C=O) groups excluding carboxylic acids is 3. The van der Waals surface area contributed by atoms with Crippen molar-refractivity contribution in [3.8, 4) is 5.69 Å². The molecule has 9 nitrogen and oxygen atoms in total. The van der Waals surface area contributed by atoms with Crippen molar-refractivity contribution in [1.29, 1.82) is 0 Å². The van der Waals surface area contributed by atoms with Gasteiger partial charge in [-0.15, -0.1) is 0 Å². The summed E-state index contributed by atoms with van der Waals surface area (Å²) in [6.07, 6.45) is 2.94. The van der Waals surface area contributed by atoms with Crippen molar-refractivity contribution in [1.82, 2.24) is 25.0 Å². The molecule has 1 heterocycles. The number of esters is 1. The summed E-state index contributed by atoms with van der Waals surface area (Å²) in [5.74, 6) is -1.39. The fraction of sp³-hybridized carbons (Fsp3) is 0.267. The highest BCUT2D eigenvalue weighted by atomic mass is 16.5. The van der Waals surface area contributed by atoms with Gasteiger partial charge in [0.15, 0.2) is 6.61 Å². The van der Waals surface area contributed by atoms with E-state index in [1.54, 1.807) is 28.9 Å². The van der Waals surface area contributed by atoms with E-state index in [1.807, 2.05) is 0 Å². The average molecular weight is 331 g/mol. The highest BCUT2D eigenvalue weighted by Gasteiger charge is 2.15. The summed E-state index contributed by atoms with van der Waals surface area (Å²) in [5, 5.41) is 6.38. The molecule has 0 unspecified atom stereocenters. The summed E-state index contributed by atoms with van der Waals surface area (Å²) in [6, 6.07) is 6.51. The number of hydrogen-bond acceptors (Lipinski definition) is 6. The Hall–Kier alpha value is -3.23. The summed E-state index contributed by atoms with van der Waals surface area (Å²) >= 11 is 0. The van der Waals surface area contributed by atoms with Crippen molar-refractivity contribution in [2.24, 2.45) is 0 Å². The van der Waals surface area contributed by atoms with Gasteiger partial charge >= 0.3 is 5.97 Å². The van der Waals surface area contributed by atoms with Crippen LogP contribution in [0.4, 0.5) is 0 Å². The van der Waals surface area contributed by atoms with Crippen LogP contribution in [-0.2, 0) is 14.3 Å². The maximum atomic E-state index is 11.9. The minimum Gasteiger partial charge on any atom is -0.452 e. The molecule has 1 aromatic carbocycles. The number of likely N-dealkylation sites (N-methyl/N-ethyl adjacent to an activating group) is 2. The summed E-state index contributed by atoms with van der Waals surface area (Å²) in [6.45, 7) is -0.531. The Morgan fingerprint density at radius 3 is 2.54 bits per heavy atom. The second-order valence-corrected chi connectivity index (χ2v) is 4.89. The Kier molecular flexibility index (Phi) is 5.61. The van der Waals surface area contributed by atoms with E-state index < -0.39 is 18.5 Å². The van der Waals surface area contributed by atoms with Gasteiger partial charge in [-0.25, -0.2) is 14.5 Å². The van der Waals surface area contributed by atoms with Gasteiger partial charge in [-0.2, -0.15) is 5.10 Å². The average Bonchev–Trinajstić information content (AvgIpc) is 3.13. The Balaban J connectivity index is 1.88. The maximum Gasteiger partial charge on any atom is 0.338 e. The molecule has 0 aliphatic heterocycles. The molecule has 1 N–H and O–H groups in total. The molecule has 0 saturated carbocycles. The number of nitrogens with one attached hydrogen (secondary N) is 1. The van der Waals surface area contributed by atoms with E-state index in [0.717, 1.165) is 5.69 Å². The lowest BCUT2D eigenvalue weighted by molar-refractivity contribution is -0.137. The molecule has 0 bridgehead atoms. The summed E-state index contributed by atoms with van der Waals surface area (Å²) in [7, 11) is 2.93.